The molecular formula is C22H21Cl2NO2. The van der Waals surface area contributed by atoms with Gasteiger partial charge in [-0.25, -0.2) is 0 Å². The summed E-state index contributed by atoms with van der Waals surface area (Å²) in [6.45, 7) is 6.20. The highest BCUT2D eigenvalue weighted by atomic mass is 35.5. The Labute approximate surface area is 170 Å². The van der Waals surface area contributed by atoms with Crippen molar-refractivity contribution in [3.63, 3.8) is 0 Å². The van der Waals surface area contributed by atoms with Gasteiger partial charge in [0.05, 0.1) is 22.8 Å². The van der Waals surface area contributed by atoms with Gasteiger partial charge in [0.15, 0.2) is 0 Å². The van der Waals surface area contributed by atoms with Gasteiger partial charge >= 0.3 is 0 Å². The average molecular weight is 402 g/mol. The highest BCUT2D eigenvalue weighted by Gasteiger charge is 2.33. The standard InChI is InChI=1S/C22H21Cl2NO2/c1-4-6-10-19(14(3)5-2)26-13-16-21(25-27-22(16)15-11-12-15)20-17(23)8-7-9-18(20)24/h1,5-10,14-15,19H,2,11-13H2,3H3/b10-6-. The number of terminal acetylenes is 1. The fraction of sp³-hybridized carbons (Fsp3) is 0.318. The Bertz CT molecular complexity index is 870. The fourth-order valence-electron chi connectivity index (χ4n) is 2.89. The molecule has 0 N–H and O–H groups in total. The quantitative estimate of drug-likeness (QED) is 0.377. The first-order chi connectivity index (χ1) is 13.1. The molecule has 0 bridgehead atoms. The minimum atomic E-state index is -0.199. The van der Waals surface area contributed by atoms with Gasteiger partial charge in [0, 0.05) is 23.0 Å². The summed E-state index contributed by atoms with van der Waals surface area (Å²) < 4.78 is 11.8. The average Bonchev–Trinajstić information content (AvgIpc) is 3.42. The Balaban J connectivity index is 1.94. The van der Waals surface area contributed by atoms with E-state index < -0.39 is 0 Å². The van der Waals surface area contributed by atoms with Crippen molar-refractivity contribution in [2.45, 2.75) is 38.4 Å². The van der Waals surface area contributed by atoms with E-state index in [0.717, 1.165) is 24.2 Å². The summed E-state index contributed by atoms with van der Waals surface area (Å²) in [6, 6.07) is 5.38. The second-order valence-electron chi connectivity index (χ2n) is 6.64. The number of ether oxygens (including phenoxy) is 1. The lowest BCUT2D eigenvalue weighted by molar-refractivity contribution is 0.0496. The largest absolute Gasteiger partial charge is 0.369 e. The molecule has 0 saturated heterocycles. The van der Waals surface area contributed by atoms with Crippen LogP contribution in [0.4, 0.5) is 0 Å². The van der Waals surface area contributed by atoms with Crippen LogP contribution in [0, 0.1) is 18.3 Å². The first kappa shape index (κ1) is 19.8. The first-order valence-corrected chi connectivity index (χ1v) is 9.62. The number of aromatic nitrogens is 1. The predicted octanol–water partition coefficient (Wildman–Crippen LogP) is 6.42. The highest BCUT2D eigenvalue weighted by Crippen LogP contribution is 2.46. The van der Waals surface area contributed by atoms with Crippen molar-refractivity contribution in [3.8, 4) is 23.6 Å². The zero-order valence-corrected chi connectivity index (χ0v) is 16.6. The van der Waals surface area contributed by atoms with E-state index in [4.69, 9.17) is 38.9 Å². The number of rotatable bonds is 8. The van der Waals surface area contributed by atoms with Crippen LogP contribution in [0.1, 0.15) is 37.0 Å². The topological polar surface area (TPSA) is 35.3 Å². The lowest BCUT2D eigenvalue weighted by atomic mass is 10.0. The summed E-state index contributed by atoms with van der Waals surface area (Å²) >= 11 is 12.8. The van der Waals surface area contributed by atoms with Gasteiger partial charge in [-0.3, -0.25) is 0 Å². The van der Waals surface area contributed by atoms with Crippen molar-refractivity contribution in [2.75, 3.05) is 0 Å². The van der Waals surface area contributed by atoms with E-state index in [9.17, 15) is 0 Å². The zero-order valence-electron chi connectivity index (χ0n) is 15.1. The van der Waals surface area contributed by atoms with E-state index in [1.807, 2.05) is 19.1 Å². The van der Waals surface area contributed by atoms with Crippen molar-refractivity contribution in [3.05, 3.63) is 64.4 Å². The van der Waals surface area contributed by atoms with Gasteiger partial charge < -0.3 is 9.26 Å². The fourth-order valence-corrected chi connectivity index (χ4v) is 3.47. The Morgan fingerprint density at radius 3 is 2.70 bits per heavy atom. The van der Waals surface area contributed by atoms with Gasteiger partial charge in [0.25, 0.3) is 0 Å². The van der Waals surface area contributed by atoms with Crippen LogP contribution in [-0.4, -0.2) is 11.3 Å². The van der Waals surface area contributed by atoms with E-state index in [0.29, 0.717) is 33.8 Å². The Hall–Kier alpha value is -1.99. The van der Waals surface area contributed by atoms with Crippen molar-refractivity contribution in [1.29, 1.82) is 0 Å². The summed E-state index contributed by atoms with van der Waals surface area (Å²) in [5.41, 5.74) is 2.20. The Kier molecular flexibility index (Phi) is 6.44. The van der Waals surface area contributed by atoms with Gasteiger partial charge in [-0.05, 0) is 37.1 Å². The molecule has 2 atom stereocenters. The summed E-state index contributed by atoms with van der Waals surface area (Å²) in [6.07, 6.45) is 12.7. The maximum atomic E-state index is 6.39. The summed E-state index contributed by atoms with van der Waals surface area (Å²) in [7, 11) is 0. The molecule has 2 unspecified atom stereocenters. The second kappa shape index (κ2) is 8.80. The molecule has 5 heteroatoms. The molecule has 2 aromatic rings. The summed E-state index contributed by atoms with van der Waals surface area (Å²) in [5.74, 6) is 3.84. The molecule has 1 fully saturated rings. The van der Waals surface area contributed by atoms with Gasteiger partial charge in [-0.2, -0.15) is 0 Å². The van der Waals surface area contributed by atoms with E-state index in [1.165, 1.54) is 0 Å². The highest BCUT2D eigenvalue weighted by molar-refractivity contribution is 6.39. The molecule has 0 spiro atoms. The number of nitrogens with zero attached hydrogens (tertiary/aromatic N) is 1. The predicted molar refractivity (Wildman–Crippen MR) is 110 cm³/mol. The van der Waals surface area contributed by atoms with E-state index in [-0.39, 0.29) is 12.0 Å². The second-order valence-corrected chi connectivity index (χ2v) is 7.46. The third-order valence-corrected chi connectivity index (χ3v) is 5.29. The molecule has 0 amide bonds. The lowest BCUT2D eigenvalue weighted by Gasteiger charge is -2.19. The van der Waals surface area contributed by atoms with Crippen LogP contribution in [0.5, 0.6) is 0 Å². The van der Waals surface area contributed by atoms with E-state index in [2.05, 4.69) is 17.7 Å². The molecule has 1 heterocycles. The maximum Gasteiger partial charge on any atom is 0.145 e. The minimum absolute atomic E-state index is 0.103. The van der Waals surface area contributed by atoms with Crippen molar-refractivity contribution in [2.24, 2.45) is 5.92 Å². The Morgan fingerprint density at radius 1 is 1.41 bits per heavy atom. The van der Waals surface area contributed by atoms with Crippen LogP contribution in [0.25, 0.3) is 11.3 Å². The molecule has 27 heavy (non-hydrogen) atoms. The normalized spacial score (nSPS) is 16.2. The number of hydrogen-bond acceptors (Lipinski definition) is 3. The van der Waals surface area contributed by atoms with Crippen molar-refractivity contribution < 1.29 is 9.26 Å². The lowest BCUT2D eigenvalue weighted by Crippen LogP contribution is -2.18. The molecule has 1 aromatic heterocycles. The van der Waals surface area contributed by atoms with E-state index in [1.54, 1.807) is 24.3 Å². The van der Waals surface area contributed by atoms with Crippen molar-refractivity contribution in [1.82, 2.24) is 5.16 Å². The summed E-state index contributed by atoms with van der Waals surface area (Å²) in [4.78, 5) is 0. The number of hydrogen-bond donors (Lipinski definition) is 0. The molecule has 1 saturated carbocycles. The van der Waals surface area contributed by atoms with Gasteiger partial charge in [-0.15, -0.1) is 13.0 Å². The smallest absolute Gasteiger partial charge is 0.145 e. The summed E-state index contributed by atoms with van der Waals surface area (Å²) in [5, 5.41) is 5.34. The third kappa shape index (κ3) is 4.47. The molecule has 0 radical (unpaired) electrons. The minimum Gasteiger partial charge on any atom is -0.369 e. The monoisotopic (exact) mass is 401 g/mol. The van der Waals surface area contributed by atoms with Crippen molar-refractivity contribution >= 4 is 23.2 Å². The van der Waals surface area contributed by atoms with Gasteiger partial charge in [0.1, 0.15) is 11.5 Å². The van der Waals surface area contributed by atoms with Crippen LogP contribution < -0.4 is 0 Å². The molecule has 3 rings (SSSR count). The van der Waals surface area contributed by atoms with Crippen LogP contribution in [-0.2, 0) is 11.3 Å². The number of allylic oxidation sites excluding steroid dienone is 1. The SMILES string of the molecule is C#C/C=C\C(OCc1c(-c2c(Cl)cccc2Cl)noc1C1CC1)C(C)C=C. The van der Waals surface area contributed by atoms with Gasteiger partial charge in [0.2, 0.25) is 0 Å². The van der Waals surface area contributed by atoms with Crippen LogP contribution in [0.2, 0.25) is 10.0 Å². The van der Waals surface area contributed by atoms with Gasteiger partial charge in [-0.1, -0.05) is 53.3 Å². The molecule has 0 aliphatic heterocycles. The molecular weight excluding hydrogens is 381 g/mol. The Morgan fingerprint density at radius 2 is 2.11 bits per heavy atom. The number of benzene rings is 1. The molecule has 1 aliphatic carbocycles. The number of halogens is 2. The first-order valence-electron chi connectivity index (χ1n) is 8.86. The molecule has 1 aliphatic rings. The molecule has 140 valence electrons. The maximum absolute atomic E-state index is 6.39. The molecule has 1 aromatic carbocycles. The van der Waals surface area contributed by atoms with E-state index >= 15 is 0 Å². The third-order valence-electron chi connectivity index (χ3n) is 4.66. The van der Waals surface area contributed by atoms with Crippen LogP contribution in [0.15, 0.2) is 47.5 Å². The van der Waals surface area contributed by atoms with Crippen LogP contribution >= 0.6 is 23.2 Å². The van der Waals surface area contributed by atoms with Crippen LogP contribution in [0.3, 0.4) is 0 Å². The molecule has 3 nitrogen and oxygen atoms in total. The zero-order chi connectivity index (χ0) is 19.4.